The van der Waals surface area contributed by atoms with E-state index in [4.69, 9.17) is 21.3 Å². The highest BCUT2D eigenvalue weighted by atomic mass is 16.5. The van der Waals surface area contributed by atoms with Gasteiger partial charge in [0.2, 0.25) is 5.96 Å². The van der Waals surface area contributed by atoms with Crippen molar-refractivity contribution >= 4 is 18.1 Å². The second-order valence-corrected chi connectivity index (χ2v) is 4.36. The van der Waals surface area contributed by atoms with E-state index in [2.05, 4.69) is 10.2 Å². The number of hydrogen-bond acceptors (Lipinski definition) is 4. The number of aliphatic carboxylic acids is 1. The van der Waals surface area contributed by atoms with Crippen LogP contribution in [-0.2, 0) is 4.79 Å². The molecule has 0 aromatic heterocycles. The number of nitrogens with two attached hydrogens (primary N) is 2. The maximum absolute atomic E-state index is 10.4. The summed E-state index contributed by atoms with van der Waals surface area (Å²) in [6.45, 7) is 0.521. The minimum absolute atomic E-state index is 0.108. The monoisotopic (exact) mass is 292 g/mol. The molecule has 0 unspecified atom stereocenters. The Kier molecular flexibility index (Phi) is 7.34. The number of unbranched alkanes of at least 4 members (excludes halogenated alkanes) is 2. The van der Waals surface area contributed by atoms with Gasteiger partial charge < -0.3 is 21.3 Å². The first kappa shape index (κ1) is 16.5. The Balaban J connectivity index is 2.42. The van der Waals surface area contributed by atoms with Gasteiger partial charge in [-0.15, -0.1) is 5.10 Å². The maximum atomic E-state index is 10.4. The van der Waals surface area contributed by atoms with Crippen LogP contribution in [-0.4, -0.2) is 29.9 Å². The summed E-state index contributed by atoms with van der Waals surface area (Å²) in [6.07, 6.45) is 3.98. The van der Waals surface area contributed by atoms with E-state index < -0.39 is 5.97 Å². The van der Waals surface area contributed by atoms with Crippen LogP contribution < -0.4 is 16.2 Å². The van der Waals surface area contributed by atoms with Gasteiger partial charge in [-0.2, -0.15) is 5.10 Å². The van der Waals surface area contributed by atoms with E-state index in [-0.39, 0.29) is 12.4 Å². The molecule has 1 aromatic rings. The normalized spacial score (nSPS) is 10.5. The molecule has 5 N–H and O–H groups in total. The van der Waals surface area contributed by atoms with Crippen LogP contribution >= 0.6 is 0 Å². The highest BCUT2D eigenvalue weighted by Gasteiger charge is 2.01. The second kappa shape index (κ2) is 9.35. The number of carboxylic acids is 1. The summed E-state index contributed by atoms with van der Waals surface area (Å²) in [5.74, 6) is -0.189. The molecule has 0 fully saturated rings. The van der Waals surface area contributed by atoms with Crippen molar-refractivity contribution in [2.75, 3.05) is 6.61 Å². The van der Waals surface area contributed by atoms with Crippen LogP contribution in [0.4, 0.5) is 0 Å². The molecule has 0 heterocycles. The highest BCUT2D eigenvalue weighted by Crippen LogP contribution is 2.16. The van der Waals surface area contributed by atoms with Crippen molar-refractivity contribution in [3.8, 4) is 5.75 Å². The quantitative estimate of drug-likeness (QED) is 0.274. The first-order valence-corrected chi connectivity index (χ1v) is 6.65. The lowest BCUT2D eigenvalue weighted by Gasteiger charge is -2.08. The number of carbonyl (C=O) groups is 1. The van der Waals surface area contributed by atoms with Crippen LogP contribution in [0.15, 0.2) is 34.5 Å². The number of ether oxygens (including phenoxy) is 1. The van der Waals surface area contributed by atoms with Gasteiger partial charge in [0.15, 0.2) is 0 Å². The molecule has 0 radical (unpaired) electrons. The first-order chi connectivity index (χ1) is 10.1. The molecule has 0 amide bonds. The molecule has 0 aliphatic heterocycles. The number of benzene rings is 1. The van der Waals surface area contributed by atoms with E-state index in [9.17, 15) is 4.79 Å². The fourth-order valence-corrected chi connectivity index (χ4v) is 1.61. The van der Waals surface area contributed by atoms with Crippen molar-refractivity contribution in [1.29, 1.82) is 0 Å². The smallest absolute Gasteiger partial charge is 0.303 e. The van der Waals surface area contributed by atoms with Gasteiger partial charge in [0, 0.05) is 12.0 Å². The Morgan fingerprint density at radius 2 is 2.00 bits per heavy atom. The number of para-hydroxylation sites is 1. The SMILES string of the molecule is NC(N)=N/N=C/c1ccccc1OCCCCCC(=O)O. The van der Waals surface area contributed by atoms with Gasteiger partial charge in [0.05, 0.1) is 12.8 Å². The number of carboxylic acid groups (broad SMARTS) is 1. The van der Waals surface area contributed by atoms with Gasteiger partial charge in [0.25, 0.3) is 0 Å². The van der Waals surface area contributed by atoms with Gasteiger partial charge in [-0.3, -0.25) is 4.79 Å². The van der Waals surface area contributed by atoms with Crippen molar-refractivity contribution in [3.05, 3.63) is 29.8 Å². The topological polar surface area (TPSA) is 123 Å². The van der Waals surface area contributed by atoms with Crippen molar-refractivity contribution < 1.29 is 14.6 Å². The molecule has 0 aliphatic rings. The molecular formula is C14H20N4O3. The minimum atomic E-state index is -0.766. The van der Waals surface area contributed by atoms with Crippen LogP contribution in [0, 0.1) is 0 Å². The fraction of sp³-hybridized carbons (Fsp3) is 0.357. The summed E-state index contributed by atoms with van der Waals surface area (Å²) in [4.78, 5) is 10.4. The Morgan fingerprint density at radius 1 is 1.24 bits per heavy atom. The van der Waals surface area contributed by atoms with Crippen molar-refractivity contribution in [2.24, 2.45) is 21.7 Å². The molecule has 1 rings (SSSR count). The van der Waals surface area contributed by atoms with Crippen LogP contribution in [0.3, 0.4) is 0 Å². The van der Waals surface area contributed by atoms with E-state index in [1.807, 2.05) is 24.3 Å². The third-order valence-electron chi connectivity index (χ3n) is 2.58. The van der Waals surface area contributed by atoms with Crippen LogP contribution in [0.2, 0.25) is 0 Å². The molecule has 0 bridgehead atoms. The second-order valence-electron chi connectivity index (χ2n) is 4.36. The van der Waals surface area contributed by atoms with Crippen LogP contribution in [0.1, 0.15) is 31.2 Å². The zero-order valence-corrected chi connectivity index (χ0v) is 11.7. The predicted molar refractivity (Wildman–Crippen MR) is 81.4 cm³/mol. The molecule has 21 heavy (non-hydrogen) atoms. The van der Waals surface area contributed by atoms with E-state index in [1.54, 1.807) is 0 Å². The summed E-state index contributed by atoms with van der Waals surface area (Å²) in [6, 6.07) is 7.38. The molecule has 0 atom stereocenters. The van der Waals surface area contributed by atoms with Gasteiger partial charge >= 0.3 is 5.97 Å². The number of hydrogen-bond donors (Lipinski definition) is 3. The summed E-state index contributed by atoms with van der Waals surface area (Å²) in [5.41, 5.74) is 11.1. The van der Waals surface area contributed by atoms with Gasteiger partial charge in [-0.25, -0.2) is 0 Å². The van der Waals surface area contributed by atoms with Gasteiger partial charge in [0.1, 0.15) is 5.75 Å². The molecule has 0 spiro atoms. The summed E-state index contributed by atoms with van der Waals surface area (Å²) in [7, 11) is 0. The van der Waals surface area contributed by atoms with Crippen molar-refractivity contribution in [3.63, 3.8) is 0 Å². The fourth-order valence-electron chi connectivity index (χ4n) is 1.61. The van der Waals surface area contributed by atoms with E-state index in [0.29, 0.717) is 18.8 Å². The molecule has 0 aliphatic carbocycles. The molecule has 7 heteroatoms. The zero-order valence-electron chi connectivity index (χ0n) is 11.7. The Hall–Kier alpha value is -2.57. The molecule has 1 aromatic carbocycles. The molecule has 7 nitrogen and oxygen atoms in total. The third-order valence-corrected chi connectivity index (χ3v) is 2.58. The first-order valence-electron chi connectivity index (χ1n) is 6.65. The average molecular weight is 292 g/mol. The van der Waals surface area contributed by atoms with E-state index in [1.165, 1.54) is 6.21 Å². The van der Waals surface area contributed by atoms with Gasteiger partial charge in [-0.05, 0) is 31.4 Å². The average Bonchev–Trinajstić information content (AvgIpc) is 2.43. The third kappa shape index (κ3) is 7.56. The molecule has 0 saturated carbocycles. The lowest BCUT2D eigenvalue weighted by molar-refractivity contribution is -0.137. The molecule has 114 valence electrons. The standard InChI is InChI=1S/C14H20N4O3/c15-14(16)18-17-10-11-6-3-4-7-12(11)21-9-5-1-2-8-13(19)20/h3-4,6-7,10H,1-2,5,8-9H2,(H,19,20)(H4,15,16,18)/b17-10+. The van der Waals surface area contributed by atoms with Crippen molar-refractivity contribution in [1.82, 2.24) is 0 Å². The minimum Gasteiger partial charge on any atom is -0.493 e. The maximum Gasteiger partial charge on any atom is 0.303 e. The van der Waals surface area contributed by atoms with Crippen LogP contribution in [0.5, 0.6) is 5.75 Å². The molecule has 0 saturated heterocycles. The van der Waals surface area contributed by atoms with Crippen molar-refractivity contribution in [2.45, 2.75) is 25.7 Å². The summed E-state index contributed by atoms with van der Waals surface area (Å²) < 4.78 is 5.65. The Morgan fingerprint density at radius 3 is 2.71 bits per heavy atom. The predicted octanol–water partition coefficient (Wildman–Crippen LogP) is 1.32. The lowest BCUT2D eigenvalue weighted by Crippen LogP contribution is -2.21. The van der Waals surface area contributed by atoms with Gasteiger partial charge in [-0.1, -0.05) is 12.1 Å². The lowest BCUT2D eigenvalue weighted by atomic mass is 10.2. The zero-order chi connectivity index (χ0) is 15.5. The summed E-state index contributed by atoms with van der Waals surface area (Å²) >= 11 is 0. The Labute approximate surface area is 123 Å². The Bertz CT molecular complexity index is 511. The van der Waals surface area contributed by atoms with Crippen LogP contribution in [0.25, 0.3) is 0 Å². The number of rotatable bonds is 9. The van der Waals surface area contributed by atoms with E-state index >= 15 is 0 Å². The number of guanidine groups is 1. The number of nitrogens with zero attached hydrogens (tertiary/aromatic N) is 2. The molecular weight excluding hydrogens is 272 g/mol. The summed E-state index contributed by atoms with van der Waals surface area (Å²) in [5, 5.41) is 15.8. The van der Waals surface area contributed by atoms with E-state index in [0.717, 1.165) is 18.4 Å². The largest absolute Gasteiger partial charge is 0.493 e. The highest BCUT2D eigenvalue weighted by molar-refractivity contribution is 5.84.